The maximum Gasteiger partial charge on any atom is 0.367 e. The predicted molar refractivity (Wildman–Crippen MR) is 98.2 cm³/mol. The van der Waals surface area contributed by atoms with Gasteiger partial charge in [0.15, 0.2) is 0 Å². The largest absolute Gasteiger partial charge is 0.377 e. The molecule has 0 saturated carbocycles. The average Bonchev–Trinajstić information content (AvgIpc) is 2.61. The first kappa shape index (κ1) is 18.6. The van der Waals surface area contributed by atoms with Gasteiger partial charge in [-0.1, -0.05) is 46.4 Å². The summed E-state index contributed by atoms with van der Waals surface area (Å²) in [5, 5.41) is 5.57. The second kappa shape index (κ2) is 7.20. The summed E-state index contributed by atoms with van der Waals surface area (Å²) < 4.78 is 34.5. The van der Waals surface area contributed by atoms with E-state index in [1.807, 2.05) is 24.3 Å². The number of nitrogens with one attached hydrogen (secondary N) is 1. The highest BCUT2D eigenvalue weighted by Gasteiger charge is 2.45. The lowest BCUT2D eigenvalue weighted by atomic mass is 9.81. The van der Waals surface area contributed by atoms with Gasteiger partial charge >= 0.3 is 6.05 Å². The Hall–Kier alpha value is -1.19. The molecule has 0 bridgehead atoms. The zero-order valence-electron chi connectivity index (χ0n) is 13.4. The number of thiocarbonyl (C=S) groups is 1. The number of morpholine rings is 1. The molecular weight excluding hydrogens is 414 g/mol. The number of hydrogen-bond donors (Lipinski definition) is 1. The molecule has 8 heteroatoms. The van der Waals surface area contributed by atoms with Crippen LogP contribution < -0.4 is 5.32 Å². The molecule has 2 unspecified atom stereocenters. The number of hydroxylamine groups is 2. The summed E-state index contributed by atoms with van der Waals surface area (Å²) in [6.07, 6.45) is 3.51. The summed E-state index contributed by atoms with van der Waals surface area (Å²) in [5.41, 5.74) is 0.645. The first-order chi connectivity index (χ1) is 11.9. The third kappa shape index (κ3) is 3.54. The molecular formula is C17H17BrF2N2O2S. The van der Waals surface area contributed by atoms with Gasteiger partial charge in [-0.2, -0.15) is 13.8 Å². The van der Waals surface area contributed by atoms with Crippen molar-refractivity contribution >= 4 is 33.5 Å². The Kier molecular flexibility index (Phi) is 5.36. The van der Waals surface area contributed by atoms with E-state index in [-0.39, 0.29) is 12.6 Å². The minimum atomic E-state index is -3.21. The topological polar surface area (TPSA) is 33.7 Å². The molecule has 3 rings (SSSR count). The van der Waals surface area contributed by atoms with Gasteiger partial charge in [0.05, 0.1) is 31.9 Å². The number of alkyl halides is 2. The van der Waals surface area contributed by atoms with Crippen molar-refractivity contribution in [2.45, 2.75) is 17.6 Å². The average molecular weight is 431 g/mol. The number of halogens is 3. The maximum atomic E-state index is 13.9. The zero-order valence-corrected chi connectivity index (χ0v) is 15.8. The van der Waals surface area contributed by atoms with E-state index < -0.39 is 11.6 Å². The molecule has 2 heterocycles. The molecule has 1 saturated heterocycles. The molecule has 134 valence electrons. The van der Waals surface area contributed by atoms with Gasteiger partial charge in [0.1, 0.15) is 0 Å². The van der Waals surface area contributed by atoms with Crippen LogP contribution in [-0.4, -0.2) is 42.8 Å². The first-order valence-electron chi connectivity index (χ1n) is 7.61. The van der Waals surface area contributed by atoms with Gasteiger partial charge in [0, 0.05) is 16.7 Å². The van der Waals surface area contributed by atoms with Gasteiger partial charge in [-0.15, -0.1) is 0 Å². The molecule has 25 heavy (non-hydrogen) atoms. The van der Waals surface area contributed by atoms with Gasteiger partial charge in [-0.05, 0) is 28.6 Å². The van der Waals surface area contributed by atoms with Crippen molar-refractivity contribution in [1.82, 2.24) is 10.4 Å². The molecule has 2 atom stereocenters. The van der Waals surface area contributed by atoms with E-state index in [0.717, 1.165) is 16.1 Å². The Bertz CT molecular complexity index is 728. The Morgan fingerprint density at radius 2 is 2.28 bits per heavy atom. The molecule has 4 nitrogen and oxygen atoms in total. The van der Waals surface area contributed by atoms with Crippen molar-refractivity contribution in [3.8, 4) is 0 Å². The van der Waals surface area contributed by atoms with Crippen molar-refractivity contribution < 1.29 is 18.4 Å². The summed E-state index contributed by atoms with van der Waals surface area (Å²) in [7, 11) is 1.21. The third-order valence-electron chi connectivity index (χ3n) is 4.23. The van der Waals surface area contributed by atoms with E-state index in [1.54, 1.807) is 5.37 Å². The number of nitrogens with zero attached hydrogens (tertiary/aromatic N) is 1. The van der Waals surface area contributed by atoms with Crippen LogP contribution in [0.15, 0.2) is 52.7 Å². The SMILES string of the molecule is CON1C=C(C2(c3cccc(Br)c3)COCC(C=S)N2)C=CC1(F)F. The van der Waals surface area contributed by atoms with E-state index in [2.05, 4.69) is 21.2 Å². The summed E-state index contributed by atoms with van der Waals surface area (Å²) in [5.74, 6) is 0. The number of ether oxygens (including phenoxy) is 1. The molecule has 1 fully saturated rings. The monoisotopic (exact) mass is 430 g/mol. The fourth-order valence-corrected chi connectivity index (χ4v) is 3.56. The molecule has 1 aromatic carbocycles. The lowest BCUT2D eigenvalue weighted by Crippen LogP contribution is -2.59. The van der Waals surface area contributed by atoms with Crippen molar-refractivity contribution in [2.24, 2.45) is 0 Å². The van der Waals surface area contributed by atoms with Crippen molar-refractivity contribution in [3.63, 3.8) is 0 Å². The fourth-order valence-electron chi connectivity index (χ4n) is 3.01. The lowest BCUT2D eigenvalue weighted by molar-refractivity contribution is -0.250. The normalized spacial score (nSPS) is 28.6. The summed E-state index contributed by atoms with van der Waals surface area (Å²) in [6.45, 7) is 0.711. The van der Waals surface area contributed by atoms with Gasteiger partial charge in [-0.25, -0.2) is 0 Å². The molecule has 1 N–H and O–H groups in total. The standard InChI is InChI=1S/C17H17BrF2N2O2S/c1-23-22-8-13(5-6-17(22,19)20)16(11-24-9-15(10-25)21-16)12-3-2-4-14(18)7-12/h2-8,10,15,21H,9,11H2,1H3. The van der Waals surface area contributed by atoms with Gasteiger partial charge in [0.2, 0.25) is 0 Å². The number of rotatable bonds is 4. The summed E-state index contributed by atoms with van der Waals surface area (Å²) >= 11 is 8.53. The Balaban J connectivity index is 2.11. The highest BCUT2D eigenvalue weighted by atomic mass is 79.9. The quantitative estimate of drug-likeness (QED) is 0.583. The highest BCUT2D eigenvalue weighted by Crippen LogP contribution is 2.39. The Morgan fingerprint density at radius 1 is 1.48 bits per heavy atom. The van der Waals surface area contributed by atoms with Crippen LogP contribution in [0.25, 0.3) is 0 Å². The van der Waals surface area contributed by atoms with Crippen molar-refractivity contribution in [1.29, 1.82) is 0 Å². The van der Waals surface area contributed by atoms with E-state index in [9.17, 15) is 8.78 Å². The molecule has 0 spiro atoms. The van der Waals surface area contributed by atoms with Crippen LogP contribution in [0.1, 0.15) is 5.56 Å². The summed E-state index contributed by atoms with van der Waals surface area (Å²) in [6, 6.07) is 4.25. The minimum absolute atomic E-state index is 0.185. The van der Waals surface area contributed by atoms with E-state index in [1.165, 1.54) is 19.4 Å². The first-order valence-corrected chi connectivity index (χ1v) is 8.87. The predicted octanol–water partition coefficient (Wildman–Crippen LogP) is 3.54. The van der Waals surface area contributed by atoms with Crippen molar-refractivity contribution in [3.05, 3.63) is 58.2 Å². The van der Waals surface area contributed by atoms with Gasteiger partial charge in [0.25, 0.3) is 0 Å². The van der Waals surface area contributed by atoms with Gasteiger partial charge < -0.3 is 4.74 Å². The lowest BCUT2D eigenvalue weighted by Gasteiger charge is -2.44. The Morgan fingerprint density at radius 3 is 2.96 bits per heavy atom. The zero-order chi connectivity index (χ0) is 18.1. The highest BCUT2D eigenvalue weighted by molar-refractivity contribution is 9.10. The van der Waals surface area contributed by atoms with Gasteiger partial charge in [-0.3, -0.25) is 10.2 Å². The second-order valence-electron chi connectivity index (χ2n) is 5.83. The van der Waals surface area contributed by atoms with E-state index in [0.29, 0.717) is 17.2 Å². The van der Waals surface area contributed by atoms with Crippen LogP contribution in [-0.2, 0) is 15.1 Å². The minimum Gasteiger partial charge on any atom is -0.377 e. The molecule has 1 aromatic rings. The molecule has 0 aromatic heterocycles. The van der Waals surface area contributed by atoms with Crippen LogP contribution in [0.5, 0.6) is 0 Å². The molecule has 0 radical (unpaired) electrons. The molecule has 0 aliphatic carbocycles. The number of hydrogen-bond acceptors (Lipinski definition) is 5. The van der Waals surface area contributed by atoms with Crippen molar-refractivity contribution in [2.75, 3.05) is 20.3 Å². The van der Waals surface area contributed by atoms with Crippen LogP contribution >= 0.6 is 28.1 Å². The third-order valence-corrected chi connectivity index (χ3v) is 5.05. The van der Waals surface area contributed by atoms with Crippen LogP contribution in [0.3, 0.4) is 0 Å². The smallest absolute Gasteiger partial charge is 0.367 e. The summed E-state index contributed by atoms with van der Waals surface area (Å²) in [4.78, 5) is 4.83. The second-order valence-corrected chi connectivity index (χ2v) is 7.02. The fraction of sp³-hybridized carbons (Fsp3) is 0.353. The molecule has 2 aliphatic rings. The maximum absolute atomic E-state index is 13.9. The van der Waals surface area contributed by atoms with Crippen LogP contribution in [0.2, 0.25) is 0 Å². The van der Waals surface area contributed by atoms with E-state index >= 15 is 0 Å². The van der Waals surface area contributed by atoms with Crippen LogP contribution in [0, 0.1) is 0 Å². The Labute approximate surface area is 158 Å². The number of benzene rings is 1. The van der Waals surface area contributed by atoms with Crippen LogP contribution in [0.4, 0.5) is 8.78 Å². The molecule has 0 amide bonds. The van der Waals surface area contributed by atoms with E-state index in [4.69, 9.17) is 21.8 Å². The molecule has 2 aliphatic heterocycles.